The summed E-state index contributed by atoms with van der Waals surface area (Å²) in [4.78, 5) is 2.47. The SMILES string of the molecule is CCNCc1cc(Cl)ccc1OCCC1CCCCN1C. The van der Waals surface area contributed by atoms with Crippen LogP contribution in [0.25, 0.3) is 0 Å². The highest BCUT2D eigenvalue weighted by Crippen LogP contribution is 2.24. The van der Waals surface area contributed by atoms with Gasteiger partial charge in [0.1, 0.15) is 5.75 Å². The summed E-state index contributed by atoms with van der Waals surface area (Å²) in [6.45, 7) is 5.84. The molecule has 0 aromatic heterocycles. The van der Waals surface area contributed by atoms with Crippen molar-refractivity contribution in [3.63, 3.8) is 0 Å². The van der Waals surface area contributed by atoms with Crippen LogP contribution in [0, 0.1) is 0 Å². The Bertz CT molecular complexity index is 439. The Morgan fingerprint density at radius 2 is 2.24 bits per heavy atom. The molecule has 1 N–H and O–H groups in total. The quantitative estimate of drug-likeness (QED) is 0.831. The van der Waals surface area contributed by atoms with Crippen LogP contribution in [0.4, 0.5) is 0 Å². The van der Waals surface area contributed by atoms with Crippen molar-refractivity contribution in [2.75, 3.05) is 26.7 Å². The van der Waals surface area contributed by atoms with Gasteiger partial charge in [-0.25, -0.2) is 0 Å². The predicted molar refractivity (Wildman–Crippen MR) is 89.2 cm³/mol. The number of benzene rings is 1. The second-order valence-electron chi connectivity index (χ2n) is 5.80. The lowest BCUT2D eigenvalue weighted by Crippen LogP contribution is -2.37. The molecule has 1 unspecified atom stereocenters. The minimum Gasteiger partial charge on any atom is -0.493 e. The minimum absolute atomic E-state index is 0.670. The van der Waals surface area contributed by atoms with E-state index in [0.29, 0.717) is 6.04 Å². The van der Waals surface area contributed by atoms with Crippen molar-refractivity contribution in [1.82, 2.24) is 10.2 Å². The zero-order valence-electron chi connectivity index (χ0n) is 13.2. The van der Waals surface area contributed by atoms with Crippen LogP contribution in [0.3, 0.4) is 0 Å². The van der Waals surface area contributed by atoms with E-state index in [1.54, 1.807) is 0 Å². The molecule has 0 bridgehead atoms. The highest BCUT2D eigenvalue weighted by molar-refractivity contribution is 6.30. The molecule has 0 radical (unpaired) electrons. The first kappa shape index (κ1) is 16.6. The van der Waals surface area contributed by atoms with E-state index in [4.69, 9.17) is 16.3 Å². The number of halogens is 1. The molecular weight excluding hydrogens is 284 g/mol. The van der Waals surface area contributed by atoms with Crippen LogP contribution in [-0.2, 0) is 6.54 Å². The third-order valence-corrected chi connectivity index (χ3v) is 4.45. The topological polar surface area (TPSA) is 24.5 Å². The third kappa shape index (κ3) is 5.17. The maximum Gasteiger partial charge on any atom is 0.123 e. The van der Waals surface area contributed by atoms with Gasteiger partial charge in [-0.05, 0) is 57.6 Å². The average Bonchev–Trinajstić information content (AvgIpc) is 2.49. The normalized spacial score (nSPS) is 19.7. The molecule has 1 atom stereocenters. The van der Waals surface area contributed by atoms with Crippen molar-refractivity contribution in [2.24, 2.45) is 0 Å². The number of nitrogens with zero attached hydrogens (tertiary/aromatic N) is 1. The number of ether oxygens (including phenoxy) is 1. The monoisotopic (exact) mass is 310 g/mol. The van der Waals surface area contributed by atoms with Crippen molar-refractivity contribution in [3.8, 4) is 5.75 Å². The Hall–Kier alpha value is -0.770. The van der Waals surface area contributed by atoms with Crippen LogP contribution in [0.1, 0.15) is 38.2 Å². The number of likely N-dealkylation sites (tertiary alicyclic amines) is 1. The maximum absolute atomic E-state index is 6.08. The van der Waals surface area contributed by atoms with Crippen LogP contribution in [0.2, 0.25) is 5.02 Å². The highest BCUT2D eigenvalue weighted by atomic mass is 35.5. The van der Waals surface area contributed by atoms with Gasteiger partial charge in [0.05, 0.1) is 6.61 Å². The zero-order valence-corrected chi connectivity index (χ0v) is 14.0. The Morgan fingerprint density at radius 3 is 3.00 bits per heavy atom. The molecule has 0 spiro atoms. The minimum atomic E-state index is 0.670. The second-order valence-corrected chi connectivity index (χ2v) is 6.24. The van der Waals surface area contributed by atoms with Crippen molar-refractivity contribution >= 4 is 11.6 Å². The summed E-state index contributed by atoms with van der Waals surface area (Å²) in [6.07, 6.45) is 5.07. The number of piperidine rings is 1. The predicted octanol–water partition coefficient (Wildman–Crippen LogP) is 3.70. The van der Waals surface area contributed by atoms with Gasteiger partial charge in [-0.1, -0.05) is 24.9 Å². The fraction of sp³-hybridized carbons (Fsp3) is 0.647. The van der Waals surface area contributed by atoms with Gasteiger partial charge in [0, 0.05) is 23.2 Å². The van der Waals surface area contributed by atoms with Crippen molar-refractivity contribution < 1.29 is 4.74 Å². The fourth-order valence-corrected chi connectivity index (χ4v) is 3.10. The lowest BCUT2D eigenvalue weighted by Gasteiger charge is -2.32. The molecule has 2 rings (SSSR count). The molecule has 1 aliphatic rings. The van der Waals surface area contributed by atoms with Gasteiger partial charge in [0.2, 0.25) is 0 Å². The molecule has 1 aromatic rings. The molecule has 3 nitrogen and oxygen atoms in total. The van der Waals surface area contributed by atoms with E-state index in [-0.39, 0.29) is 0 Å². The Morgan fingerprint density at radius 1 is 1.38 bits per heavy atom. The summed E-state index contributed by atoms with van der Waals surface area (Å²) >= 11 is 6.08. The average molecular weight is 311 g/mol. The molecule has 118 valence electrons. The standard InChI is InChI=1S/C17H27ClN2O/c1-3-19-13-14-12-15(18)7-8-17(14)21-11-9-16-6-4-5-10-20(16)2/h7-8,12,16,19H,3-6,9-11,13H2,1-2H3. The van der Waals surface area contributed by atoms with Gasteiger partial charge >= 0.3 is 0 Å². The molecule has 21 heavy (non-hydrogen) atoms. The molecule has 1 fully saturated rings. The summed E-state index contributed by atoms with van der Waals surface area (Å²) < 4.78 is 6.01. The zero-order chi connectivity index (χ0) is 15.1. The first-order valence-corrected chi connectivity index (χ1v) is 8.40. The second kappa shape index (κ2) is 8.62. The first-order chi connectivity index (χ1) is 10.2. The third-order valence-electron chi connectivity index (χ3n) is 4.22. The van der Waals surface area contributed by atoms with Gasteiger partial charge < -0.3 is 15.0 Å². The van der Waals surface area contributed by atoms with Crippen LogP contribution in [0.15, 0.2) is 18.2 Å². The van der Waals surface area contributed by atoms with Crippen LogP contribution >= 0.6 is 11.6 Å². The summed E-state index contributed by atoms with van der Waals surface area (Å²) in [7, 11) is 2.22. The van der Waals surface area contributed by atoms with E-state index in [9.17, 15) is 0 Å². The van der Waals surface area contributed by atoms with Gasteiger partial charge in [-0.2, -0.15) is 0 Å². The van der Waals surface area contributed by atoms with Crippen LogP contribution in [0.5, 0.6) is 5.75 Å². The lowest BCUT2D eigenvalue weighted by molar-refractivity contribution is 0.152. The summed E-state index contributed by atoms with van der Waals surface area (Å²) in [5, 5.41) is 4.10. The van der Waals surface area contributed by atoms with E-state index in [0.717, 1.165) is 42.5 Å². The number of rotatable bonds is 7. The van der Waals surface area contributed by atoms with Crippen molar-refractivity contribution in [3.05, 3.63) is 28.8 Å². The number of hydrogen-bond donors (Lipinski definition) is 1. The summed E-state index contributed by atoms with van der Waals surface area (Å²) in [5.74, 6) is 0.957. The van der Waals surface area contributed by atoms with Gasteiger partial charge in [-0.3, -0.25) is 0 Å². The maximum atomic E-state index is 6.08. The molecule has 1 saturated heterocycles. The van der Waals surface area contributed by atoms with Gasteiger partial charge in [0.25, 0.3) is 0 Å². The molecule has 1 heterocycles. The number of hydrogen-bond acceptors (Lipinski definition) is 3. The molecule has 1 aliphatic heterocycles. The molecule has 4 heteroatoms. The summed E-state index contributed by atoms with van der Waals surface area (Å²) in [5.41, 5.74) is 1.14. The number of nitrogens with one attached hydrogen (secondary N) is 1. The molecule has 1 aromatic carbocycles. The smallest absolute Gasteiger partial charge is 0.123 e. The molecular formula is C17H27ClN2O. The Labute approximate surface area is 133 Å². The first-order valence-electron chi connectivity index (χ1n) is 8.03. The van der Waals surface area contributed by atoms with E-state index < -0.39 is 0 Å². The van der Waals surface area contributed by atoms with Gasteiger partial charge in [-0.15, -0.1) is 0 Å². The fourth-order valence-electron chi connectivity index (χ4n) is 2.90. The van der Waals surface area contributed by atoms with E-state index in [1.165, 1.54) is 25.8 Å². The van der Waals surface area contributed by atoms with Gasteiger partial charge in [0.15, 0.2) is 0 Å². The summed E-state index contributed by atoms with van der Waals surface area (Å²) in [6, 6.07) is 6.55. The Balaban J connectivity index is 1.87. The molecule has 0 amide bonds. The van der Waals surface area contributed by atoms with Crippen LogP contribution < -0.4 is 10.1 Å². The molecule has 0 aliphatic carbocycles. The van der Waals surface area contributed by atoms with E-state index in [2.05, 4.69) is 24.2 Å². The van der Waals surface area contributed by atoms with E-state index >= 15 is 0 Å². The highest BCUT2D eigenvalue weighted by Gasteiger charge is 2.18. The van der Waals surface area contributed by atoms with Crippen molar-refractivity contribution in [2.45, 2.75) is 45.2 Å². The lowest BCUT2D eigenvalue weighted by atomic mass is 10.0. The largest absolute Gasteiger partial charge is 0.493 e. The van der Waals surface area contributed by atoms with Crippen LogP contribution in [-0.4, -0.2) is 37.7 Å². The van der Waals surface area contributed by atoms with E-state index in [1.807, 2.05) is 18.2 Å². The Kier molecular flexibility index (Phi) is 6.81. The van der Waals surface area contributed by atoms with Crippen molar-refractivity contribution in [1.29, 1.82) is 0 Å². The molecule has 0 saturated carbocycles.